The minimum absolute atomic E-state index is 0.0148. The number of aromatic amines is 1. The van der Waals surface area contributed by atoms with Gasteiger partial charge in [0.25, 0.3) is 0 Å². The molecule has 0 bridgehead atoms. The number of carbonyl (C=O) groups excluding carboxylic acids is 1. The average Bonchev–Trinajstić information content (AvgIpc) is 2.88. The van der Waals surface area contributed by atoms with Crippen LogP contribution in [0.15, 0.2) is 24.4 Å². The number of aliphatic hydroxyl groups is 1. The maximum atomic E-state index is 12.1. The lowest BCUT2D eigenvalue weighted by molar-refractivity contribution is -0.120. The zero-order chi connectivity index (χ0) is 15.5. The molecule has 0 aliphatic heterocycles. The highest BCUT2D eigenvalue weighted by molar-refractivity contribution is 6.31. The Labute approximate surface area is 134 Å². The largest absolute Gasteiger partial charge is 0.393 e. The third-order valence-corrected chi connectivity index (χ3v) is 4.66. The molecule has 118 valence electrons. The lowest BCUT2D eigenvalue weighted by atomic mass is 9.87. The van der Waals surface area contributed by atoms with Crippen molar-refractivity contribution >= 4 is 28.4 Å². The van der Waals surface area contributed by atoms with Crippen LogP contribution >= 0.6 is 11.6 Å². The molecule has 1 fully saturated rings. The first-order chi connectivity index (χ1) is 10.6. The van der Waals surface area contributed by atoms with Crippen molar-refractivity contribution in [2.45, 2.75) is 38.2 Å². The van der Waals surface area contributed by atoms with Gasteiger partial charge in [-0.15, -0.1) is 0 Å². The number of hydrogen-bond donors (Lipinski definition) is 3. The number of nitrogens with one attached hydrogen (secondary N) is 2. The van der Waals surface area contributed by atoms with E-state index in [0.717, 1.165) is 42.1 Å². The minimum atomic E-state index is -0.202. The van der Waals surface area contributed by atoms with E-state index in [-0.39, 0.29) is 12.0 Å². The number of halogens is 1. The Morgan fingerprint density at radius 2 is 2.27 bits per heavy atom. The molecule has 2 unspecified atom stereocenters. The average molecular weight is 321 g/mol. The number of fused-ring (bicyclic) bond motifs is 1. The molecule has 3 N–H and O–H groups in total. The molecule has 1 aromatic heterocycles. The number of rotatable bonds is 4. The summed E-state index contributed by atoms with van der Waals surface area (Å²) in [6.45, 7) is 0.652. The molecule has 1 aliphatic rings. The number of carbonyl (C=O) groups is 1. The summed E-state index contributed by atoms with van der Waals surface area (Å²) < 4.78 is 0. The fourth-order valence-corrected chi connectivity index (χ4v) is 3.41. The Morgan fingerprint density at radius 1 is 1.41 bits per heavy atom. The number of H-pyrrole nitrogens is 1. The highest BCUT2D eigenvalue weighted by atomic mass is 35.5. The summed E-state index contributed by atoms with van der Waals surface area (Å²) >= 11 is 6.02. The Kier molecular flexibility index (Phi) is 4.69. The number of aromatic nitrogens is 1. The number of hydrogen-bond acceptors (Lipinski definition) is 2. The van der Waals surface area contributed by atoms with Gasteiger partial charge in [0.1, 0.15) is 0 Å². The second-order valence-electron chi connectivity index (χ2n) is 6.17. The van der Waals surface area contributed by atoms with Gasteiger partial charge >= 0.3 is 0 Å². The van der Waals surface area contributed by atoms with E-state index in [1.807, 2.05) is 24.4 Å². The molecule has 1 heterocycles. The molecule has 1 amide bonds. The topological polar surface area (TPSA) is 65.1 Å². The molecule has 0 radical (unpaired) electrons. The molecule has 1 aliphatic carbocycles. The van der Waals surface area contributed by atoms with Crippen molar-refractivity contribution in [2.24, 2.45) is 5.92 Å². The van der Waals surface area contributed by atoms with Crippen LogP contribution in [0, 0.1) is 5.92 Å². The van der Waals surface area contributed by atoms with E-state index < -0.39 is 0 Å². The van der Waals surface area contributed by atoms with E-state index in [9.17, 15) is 9.90 Å². The molecule has 4 nitrogen and oxygen atoms in total. The SMILES string of the molecule is O=C(Cc1c[nH]c2ccc(Cl)cc12)NCC1CCCC(O)C1. The lowest BCUT2D eigenvalue weighted by Gasteiger charge is -2.25. The molecular formula is C17H21ClN2O2. The van der Waals surface area contributed by atoms with Crippen LogP contribution < -0.4 is 5.32 Å². The predicted molar refractivity (Wildman–Crippen MR) is 88.0 cm³/mol. The summed E-state index contributed by atoms with van der Waals surface area (Å²) in [6, 6.07) is 5.63. The number of amides is 1. The Balaban J connectivity index is 1.57. The van der Waals surface area contributed by atoms with Crippen LogP contribution in [0.3, 0.4) is 0 Å². The van der Waals surface area contributed by atoms with Crippen LogP contribution in [0.5, 0.6) is 0 Å². The molecular weight excluding hydrogens is 300 g/mol. The monoisotopic (exact) mass is 320 g/mol. The smallest absolute Gasteiger partial charge is 0.224 e. The van der Waals surface area contributed by atoms with Crippen LogP contribution in [0.25, 0.3) is 10.9 Å². The quantitative estimate of drug-likeness (QED) is 0.810. The van der Waals surface area contributed by atoms with Crippen LogP contribution in [0.4, 0.5) is 0 Å². The van der Waals surface area contributed by atoms with Crippen molar-refractivity contribution < 1.29 is 9.90 Å². The van der Waals surface area contributed by atoms with E-state index in [1.54, 1.807) is 0 Å². The first kappa shape index (κ1) is 15.4. The molecule has 1 saturated carbocycles. The summed E-state index contributed by atoms with van der Waals surface area (Å²) in [4.78, 5) is 15.3. The second-order valence-corrected chi connectivity index (χ2v) is 6.61. The number of aliphatic hydroxyl groups excluding tert-OH is 1. The highest BCUT2D eigenvalue weighted by Crippen LogP contribution is 2.24. The van der Waals surface area contributed by atoms with Gasteiger partial charge in [-0.25, -0.2) is 0 Å². The molecule has 22 heavy (non-hydrogen) atoms. The van der Waals surface area contributed by atoms with Gasteiger partial charge in [-0.3, -0.25) is 4.79 Å². The fraction of sp³-hybridized carbons (Fsp3) is 0.471. The van der Waals surface area contributed by atoms with Crippen LogP contribution in [0.1, 0.15) is 31.2 Å². The van der Waals surface area contributed by atoms with Crippen molar-refractivity contribution in [3.63, 3.8) is 0 Å². The van der Waals surface area contributed by atoms with Gasteiger partial charge in [-0.1, -0.05) is 18.0 Å². The first-order valence-electron chi connectivity index (χ1n) is 7.82. The van der Waals surface area contributed by atoms with E-state index in [2.05, 4.69) is 10.3 Å². The van der Waals surface area contributed by atoms with Gasteiger partial charge in [0.05, 0.1) is 12.5 Å². The zero-order valence-corrected chi connectivity index (χ0v) is 13.2. The molecule has 3 rings (SSSR count). The van der Waals surface area contributed by atoms with Gasteiger partial charge in [-0.05, 0) is 48.9 Å². The van der Waals surface area contributed by atoms with Gasteiger partial charge in [-0.2, -0.15) is 0 Å². The van der Waals surface area contributed by atoms with E-state index in [4.69, 9.17) is 11.6 Å². The van der Waals surface area contributed by atoms with E-state index >= 15 is 0 Å². The molecule has 0 spiro atoms. The van der Waals surface area contributed by atoms with Crippen molar-refractivity contribution in [3.05, 3.63) is 35.0 Å². The van der Waals surface area contributed by atoms with Gasteiger partial charge < -0.3 is 15.4 Å². The lowest BCUT2D eigenvalue weighted by Crippen LogP contribution is -2.33. The van der Waals surface area contributed by atoms with Crippen molar-refractivity contribution in [1.82, 2.24) is 10.3 Å². The van der Waals surface area contributed by atoms with Crippen molar-refractivity contribution in [2.75, 3.05) is 6.54 Å². The molecule has 5 heteroatoms. The van der Waals surface area contributed by atoms with E-state index in [1.165, 1.54) is 0 Å². The zero-order valence-electron chi connectivity index (χ0n) is 12.4. The third kappa shape index (κ3) is 3.62. The minimum Gasteiger partial charge on any atom is -0.393 e. The standard InChI is InChI=1S/C17H21ClN2O2/c18-13-4-5-16-15(8-13)12(10-19-16)7-17(22)20-9-11-2-1-3-14(21)6-11/h4-5,8,10-11,14,19,21H,1-3,6-7,9H2,(H,20,22). The second kappa shape index (κ2) is 6.71. The van der Waals surface area contributed by atoms with Crippen LogP contribution in [0.2, 0.25) is 5.02 Å². The number of benzene rings is 1. The Morgan fingerprint density at radius 3 is 3.09 bits per heavy atom. The summed E-state index contributed by atoms with van der Waals surface area (Å²) in [5.41, 5.74) is 1.95. The normalized spacial score (nSPS) is 21.9. The molecule has 0 saturated heterocycles. The molecule has 2 atom stereocenters. The van der Waals surface area contributed by atoms with Crippen molar-refractivity contribution in [3.8, 4) is 0 Å². The van der Waals surface area contributed by atoms with Crippen LogP contribution in [-0.2, 0) is 11.2 Å². The van der Waals surface area contributed by atoms with E-state index in [0.29, 0.717) is 23.9 Å². The summed E-state index contributed by atoms with van der Waals surface area (Å²) in [5, 5.41) is 14.3. The maximum Gasteiger partial charge on any atom is 0.224 e. The summed E-state index contributed by atoms with van der Waals surface area (Å²) in [7, 11) is 0. The van der Waals surface area contributed by atoms with Gasteiger partial charge in [0.2, 0.25) is 5.91 Å². The maximum absolute atomic E-state index is 12.1. The Bertz CT molecular complexity index is 668. The summed E-state index contributed by atoms with van der Waals surface area (Å²) in [6.07, 6.45) is 5.82. The molecule has 2 aromatic rings. The highest BCUT2D eigenvalue weighted by Gasteiger charge is 2.20. The third-order valence-electron chi connectivity index (χ3n) is 4.42. The fourth-order valence-electron chi connectivity index (χ4n) is 3.24. The Hall–Kier alpha value is -1.52. The van der Waals surface area contributed by atoms with Gasteiger partial charge in [0, 0.05) is 28.7 Å². The first-order valence-corrected chi connectivity index (χ1v) is 8.20. The van der Waals surface area contributed by atoms with Crippen LogP contribution in [-0.4, -0.2) is 28.6 Å². The van der Waals surface area contributed by atoms with Gasteiger partial charge in [0.15, 0.2) is 0 Å². The summed E-state index contributed by atoms with van der Waals surface area (Å²) in [5.74, 6) is 0.408. The molecule has 1 aromatic carbocycles. The van der Waals surface area contributed by atoms with Crippen molar-refractivity contribution in [1.29, 1.82) is 0 Å². The predicted octanol–water partition coefficient (Wildman–Crippen LogP) is 3.03.